The van der Waals surface area contributed by atoms with Crippen molar-refractivity contribution in [1.82, 2.24) is 10.2 Å². The van der Waals surface area contributed by atoms with Gasteiger partial charge in [-0.2, -0.15) is 0 Å². The average molecular weight is 558 g/mol. The molecule has 3 aromatic carbocycles. The molecule has 0 aliphatic heterocycles. The summed E-state index contributed by atoms with van der Waals surface area (Å²) in [6, 6.07) is 15.5. The Morgan fingerprint density at radius 3 is 2.13 bits per heavy atom. The summed E-state index contributed by atoms with van der Waals surface area (Å²) >= 11 is 0. The summed E-state index contributed by atoms with van der Waals surface area (Å²) < 4.78 is 56.5. The largest absolute Gasteiger partial charge is 0.352 e. The average Bonchev–Trinajstić information content (AvgIpc) is 2.91. The van der Waals surface area contributed by atoms with Crippen molar-refractivity contribution in [3.63, 3.8) is 0 Å². The zero-order chi connectivity index (χ0) is 28.7. The van der Waals surface area contributed by atoms with Gasteiger partial charge in [-0.15, -0.1) is 0 Å². The molecular weight excluding hydrogens is 524 g/mol. The second-order valence-electron chi connectivity index (χ2n) is 9.41. The first kappa shape index (κ1) is 29.8. The Morgan fingerprint density at radius 1 is 0.923 bits per heavy atom. The Morgan fingerprint density at radius 2 is 1.54 bits per heavy atom. The molecular formula is C29H33F2N3O4S. The lowest BCUT2D eigenvalue weighted by Gasteiger charge is -2.32. The summed E-state index contributed by atoms with van der Waals surface area (Å²) in [6.45, 7) is 6.07. The first-order chi connectivity index (χ1) is 18.4. The van der Waals surface area contributed by atoms with Gasteiger partial charge in [0.05, 0.1) is 10.6 Å². The number of rotatable bonds is 11. The van der Waals surface area contributed by atoms with Gasteiger partial charge < -0.3 is 10.2 Å². The summed E-state index contributed by atoms with van der Waals surface area (Å²) in [5.41, 5.74) is 1.08. The van der Waals surface area contributed by atoms with Crippen LogP contribution in [-0.2, 0) is 26.2 Å². The van der Waals surface area contributed by atoms with E-state index in [0.717, 1.165) is 26.9 Å². The van der Waals surface area contributed by atoms with Crippen LogP contribution in [0, 0.1) is 18.6 Å². The maximum Gasteiger partial charge on any atom is 0.264 e. The van der Waals surface area contributed by atoms with E-state index in [4.69, 9.17) is 0 Å². The molecule has 3 aromatic rings. The highest BCUT2D eigenvalue weighted by molar-refractivity contribution is 7.92. The number of nitrogens with zero attached hydrogens (tertiary/aromatic N) is 2. The van der Waals surface area contributed by atoms with E-state index in [-0.39, 0.29) is 28.7 Å². The number of aryl methyl sites for hydroxylation is 1. The normalized spacial score (nSPS) is 12.9. The van der Waals surface area contributed by atoms with E-state index < -0.39 is 46.1 Å². The predicted octanol–water partition coefficient (Wildman–Crippen LogP) is 4.80. The van der Waals surface area contributed by atoms with Crippen molar-refractivity contribution in [2.45, 2.75) is 57.6 Å². The molecule has 0 bridgehead atoms. The molecule has 7 nitrogen and oxygen atoms in total. The topological polar surface area (TPSA) is 86.8 Å². The van der Waals surface area contributed by atoms with E-state index in [2.05, 4.69) is 5.32 Å². The Labute approximate surface area is 228 Å². The monoisotopic (exact) mass is 557 g/mol. The summed E-state index contributed by atoms with van der Waals surface area (Å²) in [5, 5.41) is 2.82. The van der Waals surface area contributed by atoms with Gasteiger partial charge in [-0.25, -0.2) is 17.2 Å². The minimum atomic E-state index is -4.27. The van der Waals surface area contributed by atoms with Crippen LogP contribution in [0.1, 0.15) is 38.3 Å². The first-order valence-electron chi connectivity index (χ1n) is 12.6. The fourth-order valence-electron chi connectivity index (χ4n) is 3.83. The second kappa shape index (κ2) is 12.8. The molecule has 208 valence electrons. The quantitative estimate of drug-likeness (QED) is 0.367. The third-order valence-electron chi connectivity index (χ3n) is 6.47. The number of halogens is 2. The van der Waals surface area contributed by atoms with Gasteiger partial charge in [0.1, 0.15) is 24.2 Å². The molecule has 0 saturated heterocycles. The van der Waals surface area contributed by atoms with Crippen molar-refractivity contribution in [2.24, 2.45) is 0 Å². The SMILES string of the molecule is CCC(C)NC(=O)C(C)N(Cc1ccccc1F)C(=O)CN(c1ccc(F)cc1)S(=O)(=O)c1ccc(C)cc1. The highest BCUT2D eigenvalue weighted by atomic mass is 32.2. The molecule has 0 aromatic heterocycles. The Kier molecular flexibility index (Phi) is 9.80. The third kappa shape index (κ3) is 7.41. The smallest absolute Gasteiger partial charge is 0.264 e. The number of sulfonamides is 1. The van der Waals surface area contributed by atoms with Crippen LogP contribution in [0.25, 0.3) is 0 Å². The maximum absolute atomic E-state index is 14.6. The molecule has 0 heterocycles. The summed E-state index contributed by atoms with van der Waals surface area (Å²) in [4.78, 5) is 27.9. The molecule has 0 aliphatic rings. The molecule has 0 aliphatic carbocycles. The zero-order valence-corrected chi connectivity index (χ0v) is 23.2. The van der Waals surface area contributed by atoms with Crippen molar-refractivity contribution in [1.29, 1.82) is 0 Å². The van der Waals surface area contributed by atoms with Crippen LogP contribution in [0.4, 0.5) is 14.5 Å². The van der Waals surface area contributed by atoms with Crippen LogP contribution < -0.4 is 9.62 Å². The lowest BCUT2D eigenvalue weighted by Crippen LogP contribution is -2.52. The zero-order valence-electron chi connectivity index (χ0n) is 22.4. The Hall–Kier alpha value is -3.79. The van der Waals surface area contributed by atoms with Crippen LogP contribution in [0.15, 0.2) is 77.7 Å². The van der Waals surface area contributed by atoms with Gasteiger partial charge in [-0.1, -0.05) is 42.8 Å². The molecule has 2 atom stereocenters. The fourth-order valence-corrected chi connectivity index (χ4v) is 5.25. The van der Waals surface area contributed by atoms with Crippen molar-refractivity contribution >= 4 is 27.5 Å². The number of nitrogens with one attached hydrogen (secondary N) is 1. The molecule has 2 unspecified atom stereocenters. The summed E-state index contributed by atoms with van der Waals surface area (Å²) in [5.74, 6) is -2.32. The van der Waals surface area contributed by atoms with E-state index in [1.807, 2.05) is 20.8 Å². The molecule has 2 amide bonds. The minimum Gasteiger partial charge on any atom is -0.352 e. The summed E-state index contributed by atoms with van der Waals surface area (Å²) in [7, 11) is -4.27. The fraction of sp³-hybridized carbons (Fsp3) is 0.310. The number of amides is 2. The second-order valence-corrected chi connectivity index (χ2v) is 11.3. The van der Waals surface area contributed by atoms with E-state index >= 15 is 0 Å². The third-order valence-corrected chi connectivity index (χ3v) is 8.26. The number of benzene rings is 3. The number of carbonyl (C=O) groups is 2. The molecule has 10 heteroatoms. The standard InChI is InChI=1S/C29H33F2N3O4S/c1-5-21(3)32-29(36)22(4)33(18-23-8-6-7-9-27(23)31)28(35)19-34(25-14-12-24(30)13-15-25)39(37,38)26-16-10-20(2)11-17-26/h6-17,21-22H,5,18-19H2,1-4H3,(H,32,36). The van der Waals surface area contributed by atoms with Gasteiger partial charge in [-0.3, -0.25) is 13.9 Å². The van der Waals surface area contributed by atoms with Gasteiger partial charge in [-0.05, 0) is 69.7 Å². The van der Waals surface area contributed by atoms with Crippen LogP contribution in [0.5, 0.6) is 0 Å². The van der Waals surface area contributed by atoms with Gasteiger partial charge in [0.15, 0.2) is 0 Å². The molecule has 0 fully saturated rings. The molecule has 0 radical (unpaired) electrons. The van der Waals surface area contributed by atoms with Crippen LogP contribution in [0.3, 0.4) is 0 Å². The maximum atomic E-state index is 14.6. The number of hydrogen-bond acceptors (Lipinski definition) is 4. The predicted molar refractivity (Wildman–Crippen MR) is 146 cm³/mol. The summed E-state index contributed by atoms with van der Waals surface area (Å²) in [6.07, 6.45) is 0.660. The Bertz CT molecular complexity index is 1400. The van der Waals surface area contributed by atoms with Gasteiger partial charge >= 0.3 is 0 Å². The lowest BCUT2D eigenvalue weighted by atomic mass is 10.1. The first-order valence-corrected chi connectivity index (χ1v) is 14.1. The minimum absolute atomic E-state index is 0.0616. The molecule has 0 saturated carbocycles. The van der Waals surface area contributed by atoms with Crippen molar-refractivity contribution in [3.8, 4) is 0 Å². The molecule has 3 rings (SSSR count). The van der Waals surface area contributed by atoms with Crippen LogP contribution in [-0.4, -0.2) is 43.8 Å². The van der Waals surface area contributed by atoms with Gasteiger partial charge in [0, 0.05) is 18.2 Å². The number of hydrogen-bond donors (Lipinski definition) is 1. The number of carbonyl (C=O) groups excluding carboxylic acids is 2. The lowest BCUT2D eigenvalue weighted by molar-refractivity contribution is -0.139. The molecule has 1 N–H and O–H groups in total. The van der Waals surface area contributed by atoms with Gasteiger partial charge in [0.25, 0.3) is 10.0 Å². The highest BCUT2D eigenvalue weighted by Crippen LogP contribution is 2.25. The van der Waals surface area contributed by atoms with Crippen molar-refractivity contribution < 1.29 is 26.8 Å². The van der Waals surface area contributed by atoms with E-state index in [0.29, 0.717) is 6.42 Å². The highest BCUT2D eigenvalue weighted by Gasteiger charge is 2.33. The van der Waals surface area contributed by atoms with E-state index in [1.54, 1.807) is 18.2 Å². The van der Waals surface area contributed by atoms with Crippen LogP contribution in [0.2, 0.25) is 0 Å². The van der Waals surface area contributed by atoms with Crippen LogP contribution >= 0.6 is 0 Å². The Balaban J connectivity index is 2.03. The van der Waals surface area contributed by atoms with Gasteiger partial charge in [0.2, 0.25) is 11.8 Å². The van der Waals surface area contributed by atoms with E-state index in [9.17, 15) is 26.8 Å². The van der Waals surface area contributed by atoms with E-state index in [1.165, 1.54) is 49.4 Å². The van der Waals surface area contributed by atoms with Crippen molar-refractivity contribution in [3.05, 3.63) is 95.6 Å². The molecule has 0 spiro atoms. The number of anilines is 1. The molecule has 39 heavy (non-hydrogen) atoms. The van der Waals surface area contributed by atoms with Crippen molar-refractivity contribution in [2.75, 3.05) is 10.8 Å².